The summed E-state index contributed by atoms with van der Waals surface area (Å²) in [5.41, 5.74) is 2.39. The molecule has 2 aliphatic heterocycles. The Bertz CT molecular complexity index is 1470. The molecule has 2 saturated heterocycles. The van der Waals surface area contributed by atoms with Crippen molar-refractivity contribution >= 4 is 57.8 Å². The van der Waals surface area contributed by atoms with Crippen LogP contribution in [0.3, 0.4) is 0 Å². The number of piperazine rings is 1. The molecule has 2 N–H and O–H groups in total. The average Bonchev–Trinajstić information content (AvgIpc) is 3.50. The fraction of sp³-hybridized carbons (Fsp3) is 0.345. The van der Waals surface area contributed by atoms with Crippen LogP contribution in [-0.4, -0.2) is 67.2 Å². The zero-order valence-corrected chi connectivity index (χ0v) is 24.9. The highest BCUT2D eigenvalue weighted by Gasteiger charge is 2.32. The van der Waals surface area contributed by atoms with Gasteiger partial charge in [-0.3, -0.25) is 9.63 Å². The van der Waals surface area contributed by atoms with Gasteiger partial charge in [0.2, 0.25) is 5.91 Å². The quantitative estimate of drug-likeness (QED) is 0.228. The minimum absolute atomic E-state index is 0.131. The lowest BCUT2D eigenvalue weighted by Gasteiger charge is -2.36. The lowest BCUT2D eigenvalue weighted by molar-refractivity contribution is -0.111. The minimum atomic E-state index is -0.591. The van der Waals surface area contributed by atoms with Crippen LogP contribution in [0.25, 0.3) is 0 Å². The molecule has 0 spiro atoms. The van der Waals surface area contributed by atoms with Crippen molar-refractivity contribution in [2.24, 2.45) is 0 Å². The van der Waals surface area contributed by atoms with Gasteiger partial charge in [-0.1, -0.05) is 42.8 Å². The molecule has 10 nitrogen and oxygen atoms in total. The first kappa shape index (κ1) is 29.8. The predicted octanol–water partition coefficient (Wildman–Crippen LogP) is 5.82. The molecule has 2 aromatic carbocycles. The van der Waals surface area contributed by atoms with Crippen molar-refractivity contribution in [1.29, 1.82) is 0 Å². The van der Waals surface area contributed by atoms with Crippen LogP contribution in [-0.2, 0) is 9.63 Å². The number of hydrogen-bond acceptors (Lipinski definition) is 9. The van der Waals surface area contributed by atoms with Crippen LogP contribution in [0.1, 0.15) is 24.9 Å². The monoisotopic (exact) mass is 615 g/mol. The summed E-state index contributed by atoms with van der Waals surface area (Å²) in [5.74, 6) is 0.508. The Labute approximate surface area is 254 Å². The lowest BCUT2D eigenvalue weighted by Crippen LogP contribution is -2.46. The van der Waals surface area contributed by atoms with Crippen LogP contribution < -0.4 is 25.3 Å². The van der Waals surface area contributed by atoms with Gasteiger partial charge in [0.05, 0.1) is 46.9 Å². The average molecular weight is 617 g/mol. The molecule has 13 heteroatoms. The van der Waals surface area contributed by atoms with E-state index >= 15 is 4.39 Å². The number of benzene rings is 2. The van der Waals surface area contributed by atoms with E-state index in [4.69, 9.17) is 32.8 Å². The molecule has 42 heavy (non-hydrogen) atoms. The van der Waals surface area contributed by atoms with Gasteiger partial charge in [-0.05, 0) is 24.8 Å². The standard InChI is InChI=1S/C29H32Cl2FN7O3/c1-4-27(40)36-20-14-21(24(41-3)15-23(20)38-11-9-37(5-2)10-12-38)35-25-16-26(34-17-33-25)39-22(8-13-42-39)18-6-7-19(30)28(31)29(18)32/h4,6-7,14-17,22H,1,5,8-13H2,2-3H3,(H,36,40)(H,33,34,35)/t22-/m1/s1. The number of ether oxygens (including phenoxy) is 1. The third-order valence-electron chi connectivity index (χ3n) is 7.39. The number of anilines is 5. The van der Waals surface area contributed by atoms with Gasteiger partial charge in [-0.2, -0.15) is 0 Å². The Hall–Kier alpha value is -3.64. The maximum atomic E-state index is 15.0. The molecule has 0 aliphatic carbocycles. The number of methoxy groups -OCH3 is 1. The second kappa shape index (κ2) is 13.1. The van der Waals surface area contributed by atoms with Gasteiger partial charge in [0, 0.05) is 50.3 Å². The molecular weight excluding hydrogens is 584 g/mol. The fourth-order valence-corrected chi connectivity index (χ4v) is 5.45. The summed E-state index contributed by atoms with van der Waals surface area (Å²) in [5, 5.41) is 7.76. The smallest absolute Gasteiger partial charge is 0.247 e. The predicted molar refractivity (Wildman–Crippen MR) is 164 cm³/mol. The van der Waals surface area contributed by atoms with E-state index in [1.807, 2.05) is 12.1 Å². The van der Waals surface area contributed by atoms with Gasteiger partial charge < -0.3 is 25.2 Å². The van der Waals surface area contributed by atoms with Crippen LogP contribution in [0, 0.1) is 5.82 Å². The number of nitrogens with zero attached hydrogens (tertiary/aromatic N) is 5. The van der Waals surface area contributed by atoms with E-state index in [0.717, 1.165) is 38.4 Å². The van der Waals surface area contributed by atoms with Crippen molar-refractivity contribution in [3.63, 3.8) is 0 Å². The Morgan fingerprint density at radius 3 is 2.69 bits per heavy atom. The Morgan fingerprint density at radius 1 is 1.19 bits per heavy atom. The van der Waals surface area contributed by atoms with Crippen molar-refractivity contribution in [2.75, 3.05) is 67.0 Å². The zero-order valence-electron chi connectivity index (χ0n) is 23.4. The van der Waals surface area contributed by atoms with Crippen molar-refractivity contribution in [3.8, 4) is 5.75 Å². The number of carbonyl (C=O) groups excluding carboxylic acids is 1. The molecule has 2 fully saturated rings. The number of hydroxylamine groups is 1. The lowest BCUT2D eigenvalue weighted by atomic mass is 10.0. The van der Waals surface area contributed by atoms with E-state index < -0.39 is 11.9 Å². The fourth-order valence-electron chi connectivity index (χ4n) is 5.14. The number of rotatable bonds is 9. The van der Waals surface area contributed by atoms with E-state index in [2.05, 4.69) is 43.9 Å². The first-order valence-corrected chi connectivity index (χ1v) is 14.4. The third-order valence-corrected chi connectivity index (χ3v) is 8.17. The topological polar surface area (TPSA) is 95.1 Å². The zero-order chi connectivity index (χ0) is 29.8. The summed E-state index contributed by atoms with van der Waals surface area (Å²) < 4.78 is 20.8. The highest BCUT2D eigenvalue weighted by molar-refractivity contribution is 6.42. The SMILES string of the molecule is C=CC(=O)Nc1cc(Nc2cc(N3OCC[C@@H]3c3ccc(Cl)c(Cl)c3F)ncn2)c(OC)cc1N1CCN(CC)CC1. The number of carbonyl (C=O) groups is 1. The molecule has 1 amide bonds. The van der Waals surface area contributed by atoms with Crippen LogP contribution in [0.4, 0.5) is 33.1 Å². The van der Waals surface area contributed by atoms with Gasteiger partial charge in [-0.15, -0.1) is 0 Å². The van der Waals surface area contributed by atoms with Gasteiger partial charge in [-0.25, -0.2) is 19.4 Å². The number of likely N-dealkylation sites (N-methyl/N-ethyl adjacent to an activating group) is 1. The molecule has 0 bridgehead atoms. The molecule has 3 aromatic rings. The van der Waals surface area contributed by atoms with Crippen molar-refractivity contribution in [3.05, 3.63) is 70.7 Å². The summed E-state index contributed by atoms with van der Waals surface area (Å²) in [6.07, 6.45) is 3.14. The maximum Gasteiger partial charge on any atom is 0.247 e. The van der Waals surface area contributed by atoms with E-state index in [9.17, 15) is 4.79 Å². The first-order chi connectivity index (χ1) is 20.3. The summed E-state index contributed by atoms with van der Waals surface area (Å²) in [6.45, 7) is 10.6. The minimum Gasteiger partial charge on any atom is -0.494 e. The summed E-state index contributed by atoms with van der Waals surface area (Å²) in [4.78, 5) is 31.5. The van der Waals surface area contributed by atoms with Crippen LogP contribution >= 0.6 is 23.2 Å². The Balaban J connectivity index is 1.44. The summed E-state index contributed by atoms with van der Waals surface area (Å²) in [6, 6.07) is 8.09. The van der Waals surface area contributed by atoms with Crippen molar-refractivity contribution in [1.82, 2.24) is 14.9 Å². The molecule has 222 valence electrons. The number of aromatic nitrogens is 2. The van der Waals surface area contributed by atoms with Gasteiger partial charge in [0.15, 0.2) is 5.82 Å². The normalized spacial score (nSPS) is 17.3. The molecule has 0 saturated carbocycles. The molecule has 1 atom stereocenters. The van der Waals surface area contributed by atoms with Gasteiger partial charge in [0.25, 0.3) is 0 Å². The van der Waals surface area contributed by atoms with Gasteiger partial charge in [0.1, 0.15) is 23.7 Å². The second-order valence-electron chi connectivity index (χ2n) is 9.80. The third kappa shape index (κ3) is 6.24. The molecule has 0 unspecified atom stereocenters. The molecular formula is C29H32Cl2FN7O3. The Kier molecular flexibility index (Phi) is 9.32. The Morgan fingerprint density at radius 2 is 1.98 bits per heavy atom. The first-order valence-electron chi connectivity index (χ1n) is 13.6. The molecule has 3 heterocycles. The molecule has 5 rings (SSSR count). The van der Waals surface area contributed by atoms with E-state index in [1.165, 1.54) is 12.4 Å². The summed E-state index contributed by atoms with van der Waals surface area (Å²) >= 11 is 12.1. The van der Waals surface area contributed by atoms with Crippen molar-refractivity contribution in [2.45, 2.75) is 19.4 Å². The van der Waals surface area contributed by atoms with E-state index in [-0.39, 0.29) is 16.0 Å². The maximum absolute atomic E-state index is 15.0. The van der Waals surface area contributed by atoms with E-state index in [1.54, 1.807) is 30.4 Å². The summed E-state index contributed by atoms with van der Waals surface area (Å²) in [7, 11) is 1.58. The van der Waals surface area contributed by atoms with Crippen LogP contribution in [0.5, 0.6) is 5.75 Å². The largest absolute Gasteiger partial charge is 0.494 e. The second-order valence-corrected chi connectivity index (χ2v) is 10.6. The molecule has 1 aromatic heterocycles. The highest BCUT2D eigenvalue weighted by Crippen LogP contribution is 2.41. The number of halogens is 3. The molecule has 0 radical (unpaired) electrons. The van der Waals surface area contributed by atoms with Crippen LogP contribution in [0.15, 0.2) is 49.3 Å². The number of amides is 1. The van der Waals surface area contributed by atoms with Crippen molar-refractivity contribution < 1.29 is 18.8 Å². The molecule has 2 aliphatic rings. The highest BCUT2D eigenvalue weighted by atomic mass is 35.5. The van der Waals surface area contributed by atoms with E-state index in [0.29, 0.717) is 47.4 Å². The van der Waals surface area contributed by atoms with Crippen LogP contribution in [0.2, 0.25) is 10.0 Å². The van der Waals surface area contributed by atoms with Gasteiger partial charge >= 0.3 is 0 Å². The number of hydrogen-bond donors (Lipinski definition) is 2. The number of nitrogens with one attached hydrogen (secondary N) is 2.